The van der Waals surface area contributed by atoms with E-state index in [2.05, 4.69) is 33.8 Å². The highest BCUT2D eigenvalue weighted by Crippen LogP contribution is 2.39. The van der Waals surface area contributed by atoms with Crippen LogP contribution in [-0.4, -0.2) is 23.7 Å². The van der Waals surface area contributed by atoms with Crippen molar-refractivity contribution in [3.63, 3.8) is 0 Å². The number of hydrogen-bond acceptors (Lipinski definition) is 3. The van der Waals surface area contributed by atoms with Crippen LogP contribution in [0.3, 0.4) is 0 Å². The van der Waals surface area contributed by atoms with Crippen molar-refractivity contribution in [1.82, 2.24) is 4.90 Å². The van der Waals surface area contributed by atoms with Gasteiger partial charge < -0.3 is 15.0 Å². The van der Waals surface area contributed by atoms with Gasteiger partial charge in [-0.3, -0.25) is 0 Å². The summed E-state index contributed by atoms with van der Waals surface area (Å²) in [6.07, 6.45) is 0.968. The summed E-state index contributed by atoms with van der Waals surface area (Å²) >= 11 is 19.9. The summed E-state index contributed by atoms with van der Waals surface area (Å²) < 4.78 is 5.31. The molecule has 0 spiro atoms. The van der Waals surface area contributed by atoms with E-state index in [9.17, 15) is 0 Å². The van der Waals surface area contributed by atoms with Gasteiger partial charge >= 0.3 is 0 Å². The van der Waals surface area contributed by atoms with Gasteiger partial charge in [-0.1, -0.05) is 35.3 Å². The summed E-state index contributed by atoms with van der Waals surface area (Å²) in [5, 5.41) is 7.23. The SMILES string of the molecule is COc1ccc([C@H]2c3ccsc3CCN2C(=S)Nc2ccc(Cl)cc2Cl)cc1. The van der Waals surface area contributed by atoms with Gasteiger partial charge in [-0.15, -0.1) is 11.3 Å². The zero-order valence-electron chi connectivity index (χ0n) is 15.1. The van der Waals surface area contributed by atoms with Crippen LogP contribution in [-0.2, 0) is 6.42 Å². The summed E-state index contributed by atoms with van der Waals surface area (Å²) in [5.41, 5.74) is 3.22. The van der Waals surface area contributed by atoms with Crippen molar-refractivity contribution in [3.8, 4) is 5.75 Å². The Morgan fingerprint density at radius 3 is 2.68 bits per heavy atom. The second-order valence-electron chi connectivity index (χ2n) is 6.47. The fourth-order valence-corrected chi connectivity index (χ4v) is 5.12. The molecule has 1 aliphatic heterocycles. The van der Waals surface area contributed by atoms with Gasteiger partial charge in [0.15, 0.2) is 5.11 Å². The Kier molecular flexibility index (Phi) is 5.78. The van der Waals surface area contributed by atoms with Crippen LogP contribution in [0.1, 0.15) is 22.0 Å². The molecule has 0 aliphatic carbocycles. The lowest BCUT2D eigenvalue weighted by Crippen LogP contribution is -2.42. The largest absolute Gasteiger partial charge is 0.497 e. The molecule has 1 atom stereocenters. The lowest BCUT2D eigenvalue weighted by atomic mass is 9.93. The number of hydrogen-bond donors (Lipinski definition) is 1. The summed E-state index contributed by atoms with van der Waals surface area (Å²) in [7, 11) is 1.67. The molecule has 2 aromatic carbocycles. The number of thiocarbonyl (C=S) groups is 1. The first kappa shape index (κ1) is 19.5. The van der Waals surface area contributed by atoms with Gasteiger partial charge in [0.25, 0.3) is 0 Å². The number of fused-ring (bicyclic) bond motifs is 1. The maximum atomic E-state index is 6.33. The van der Waals surface area contributed by atoms with E-state index < -0.39 is 0 Å². The minimum Gasteiger partial charge on any atom is -0.497 e. The minimum atomic E-state index is 0.0481. The molecule has 2 heterocycles. The molecule has 7 heteroatoms. The first-order chi connectivity index (χ1) is 13.6. The van der Waals surface area contributed by atoms with Crippen molar-refractivity contribution in [2.75, 3.05) is 19.0 Å². The van der Waals surface area contributed by atoms with Crippen LogP contribution in [0, 0.1) is 0 Å². The maximum absolute atomic E-state index is 6.33. The first-order valence-corrected chi connectivity index (χ1v) is 10.8. The molecule has 1 aromatic heterocycles. The van der Waals surface area contributed by atoms with Gasteiger partial charge in [0, 0.05) is 16.4 Å². The standard InChI is InChI=1S/C21H18Cl2N2OS2/c1-26-15-5-2-13(3-6-15)20-16-9-11-28-19(16)8-10-25(20)21(27)24-18-7-4-14(22)12-17(18)23/h2-7,9,11-12,20H,8,10H2,1H3,(H,24,27)/t20-/m0/s1. The molecular formula is C21H18Cl2N2OS2. The summed E-state index contributed by atoms with van der Waals surface area (Å²) in [5.74, 6) is 0.838. The van der Waals surface area contributed by atoms with Gasteiger partial charge in [0.05, 0.1) is 23.9 Å². The number of ether oxygens (including phenoxy) is 1. The third-order valence-corrected chi connectivity index (χ3v) is 6.71. The summed E-state index contributed by atoms with van der Waals surface area (Å²) in [6, 6.07) is 15.8. The third-order valence-electron chi connectivity index (χ3n) is 4.83. The van der Waals surface area contributed by atoms with E-state index in [-0.39, 0.29) is 6.04 Å². The van der Waals surface area contributed by atoms with Crippen molar-refractivity contribution < 1.29 is 4.74 Å². The average Bonchev–Trinajstić information content (AvgIpc) is 3.18. The Hall–Kier alpha value is -1.79. The molecule has 28 heavy (non-hydrogen) atoms. The molecule has 4 rings (SSSR count). The zero-order valence-corrected chi connectivity index (χ0v) is 18.3. The van der Waals surface area contributed by atoms with Gasteiger partial charge in [-0.05, 0) is 71.5 Å². The number of anilines is 1. The predicted molar refractivity (Wildman–Crippen MR) is 122 cm³/mol. The van der Waals surface area contributed by atoms with Crippen LogP contribution >= 0.6 is 46.8 Å². The van der Waals surface area contributed by atoms with E-state index in [4.69, 9.17) is 40.2 Å². The molecule has 0 saturated heterocycles. The van der Waals surface area contributed by atoms with Crippen LogP contribution < -0.4 is 10.1 Å². The molecule has 0 fully saturated rings. The van der Waals surface area contributed by atoms with E-state index in [0.29, 0.717) is 15.2 Å². The molecule has 1 aliphatic rings. The molecule has 0 bridgehead atoms. The van der Waals surface area contributed by atoms with Crippen LogP contribution in [0.5, 0.6) is 5.75 Å². The third kappa shape index (κ3) is 3.85. The molecule has 144 valence electrons. The second-order valence-corrected chi connectivity index (χ2v) is 8.70. The highest BCUT2D eigenvalue weighted by Gasteiger charge is 2.31. The molecule has 0 saturated carbocycles. The zero-order chi connectivity index (χ0) is 19.7. The summed E-state index contributed by atoms with van der Waals surface area (Å²) in [4.78, 5) is 3.63. The fourth-order valence-electron chi connectivity index (χ4n) is 3.46. The minimum absolute atomic E-state index is 0.0481. The van der Waals surface area contributed by atoms with Gasteiger partial charge in [-0.25, -0.2) is 0 Å². The Balaban J connectivity index is 1.66. The molecule has 3 aromatic rings. The quantitative estimate of drug-likeness (QED) is 0.467. The normalized spacial score (nSPS) is 15.8. The van der Waals surface area contributed by atoms with Crippen molar-refractivity contribution in [2.45, 2.75) is 12.5 Å². The number of nitrogens with zero attached hydrogens (tertiary/aromatic N) is 1. The molecular weight excluding hydrogens is 431 g/mol. The van der Waals surface area contributed by atoms with E-state index in [1.807, 2.05) is 18.2 Å². The lowest BCUT2D eigenvalue weighted by molar-refractivity contribution is 0.346. The predicted octanol–water partition coefficient (Wildman–Crippen LogP) is 6.41. The van der Waals surface area contributed by atoms with Crippen molar-refractivity contribution in [1.29, 1.82) is 0 Å². The Morgan fingerprint density at radius 1 is 1.18 bits per heavy atom. The Labute approximate surface area is 183 Å². The monoisotopic (exact) mass is 448 g/mol. The van der Waals surface area contributed by atoms with E-state index in [0.717, 1.165) is 24.4 Å². The van der Waals surface area contributed by atoms with E-state index >= 15 is 0 Å². The molecule has 0 unspecified atom stereocenters. The van der Waals surface area contributed by atoms with Crippen LogP contribution in [0.25, 0.3) is 0 Å². The highest BCUT2D eigenvalue weighted by atomic mass is 35.5. The molecule has 1 N–H and O–H groups in total. The Bertz CT molecular complexity index is 1000. The van der Waals surface area contributed by atoms with Crippen LogP contribution in [0.4, 0.5) is 5.69 Å². The van der Waals surface area contributed by atoms with Crippen molar-refractivity contribution >= 4 is 57.6 Å². The van der Waals surface area contributed by atoms with E-state index in [1.165, 1.54) is 16.0 Å². The van der Waals surface area contributed by atoms with Gasteiger partial charge in [-0.2, -0.15) is 0 Å². The van der Waals surface area contributed by atoms with Gasteiger partial charge in [0.1, 0.15) is 5.75 Å². The molecule has 3 nitrogen and oxygen atoms in total. The van der Waals surface area contributed by atoms with Crippen LogP contribution in [0.15, 0.2) is 53.9 Å². The lowest BCUT2D eigenvalue weighted by Gasteiger charge is -2.38. The average molecular weight is 449 g/mol. The number of thiophene rings is 1. The topological polar surface area (TPSA) is 24.5 Å². The maximum Gasteiger partial charge on any atom is 0.174 e. The molecule has 0 amide bonds. The van der Waals surface area contributed by atoms with Crippen molar-refractivity contribution in [3.05, 3.63) is 80.0 Å². The first-order valence-electron chi connectivity index (χ1n) is 8.79. The number of nitrogens with one attached hydrogen (secondary N) is 1. The summed E-state index contributed by atoms with van der Waals surface area (Å²) in [6.45, 7) is 0.835. The second kappa shape index (κ2) is 8.29. The number of methoxy groups -OCH3 is 1. The van der Waals surface area contributed by atoms with E-state index in [1.54, 1.807) is 30.6 Å². The van der Waals surface area contributed by atoms with Crippen LogP contribution in [0.2, 0.25) is 10.0 Å². The highest BCUT2D eigenvalue weighted by molar-refractivity contribution is 7.80. The Morgan fingerprint density at radius 2 is 1.96 bits per heavy atom. The fraction of sp³-hybridized carbons (Fsp3) is 0.190. The number of halogens is 2. The van der Waals surface area contributed by atoms with Gasteiger partial charge in [0.2, 0.25) is 0 Å². The smallest absolute Gasteiger partial charge is 0.174 e. The number of rotatable bonds is 3. The number of benzene rings is 2. The molecule has 0 radical (unpaired) electrons. The van der Waals surface area contributed by atoms with Crippen molar-refractivity contribution in [2.24, 2.45) is 0 Å².